The minimum atomic E-state index is 0. The maximum Gasteiger partial charge on any atom is 0.193 e. The summed E-state index contributed by atoms with van der Waals surface area (Å²) in [5.41, 5.74) is 3.18. The minimum absolute atomic E-state index is 0. The Labute approximate surface area is 166 Å². The Morgan fingerprint density at radius 3 is 2.76 bits per heavy atom. The largest absolute Gasteiger partial charge is 0.352 e. The van der Waals surface area contributed by atoms with Crippen LogP contribution in [-0.4, -0.2) is 31.0 Å². The fourth-order valence-electron chi connectivity index (χ4n) is 3.21. The van der Waals surface area contributed by atoms with Crippen molar-refractivity contribution in [1.82, 2.24) is 10.2 Å². The molecular weight excluding hydrogens is 423 g/mol. The van der Waals surface area contributed by atoms with Gasteiger partial charge in [-0.05, 0) is 29.7 Å². The number of nitrogens with one attached hydrogen (secondary N) is 1. The van der Waals surface area contributed by atoms with Crippen molar-refractivity contribution in [1.29, 1.82) is 5.26 Å². The molecule has 0 amide bonds. The zero-order valence-corrected chi connectivity index (χ0v) is 16.7. The smallest absolute Gasteiger partial charge is 0.193 e. The molecule has 5 heteroatoms. The molecule has 0 spiro atoms. The van der Waals surface area contributed by atoms with Crippen LogP contribution in [0.4, 0.5) is 0 Å². The van der Waals surface area contributed by atoms with Crippen LogP contribution in [0.5, 0.6) is 0 Å². The Bertz CT molecular complexity index is 752. The third-order valence-electron chi connectivity index (χ3n) is 4.48. The lowest BCUT2D eigenvalue weighted by Gasteiger charge is -2.22. The van der Waals surface area contributed by atoms with E-state index in [4.69, 9.17) is 5.26 Å². The van der Waals surface area contributed by atoms with Crippen molar-refractivity contribution in [2.75, 3.05) is 20.1 Å². The number of rotatable bonds is 3. The summed E-state index contributed by atoms with van der Waals surface area (Å²) in [6.45, 7) is 2.67. The molecule has 0 radical (unpaired) electrons. The van der Waals surface area contributed by atoms with E-state index in [2.05, 4.69) is 51.6 Å². The molecule has 130 valence electrons. The molecule has 1 unspecified atom stereocenters. The van der Waals surface area contributed by atoms with E-state index in [9.17, 15) is 0 Å². The molecule has 1 atom stereocenters. The summed E-state index contributed by atoms with van der Waals surface area (Å²) in [4.78, 5) is 6.73. The van der Waals surface area contributed by atoms with Gasteiger partial charge in [-0.3, -0.25) is 4.99 Å². The third-order valence-corrected chi connectivity index (χ3v) is 4.48. The summed E-state index contributed by atoms with van der Waals surface area (Å²) in [6.07, 6.45) is 1.15. The number of benzene rings is 2. The Hall–Kier alpha value is -2.07. The number of aliphatic imine (C=N–C) groups is 1. The van der Waals surface area contributed by atoms with Gasteiger partial charge >= 0.3 is 0 Å². The number of nitriles is 1. The van der Waals surface area contributed by atoms with Crippen molar-refractivity contribution in [2.45, 2.75) is 18.9 Å². The van der Waals surface area contributed by atoms with Crippen molar-refractivity contribution in [3.8, 4) is 6.07 Å². The summed E-state index contributed by atoms with van der Waals surface area (Å²) in [5, 5.41) is 12.4. The summed E-state index contributed by atoms with van der Waals surface area (Å²) in [6, 6.07) is 20.5. The molecule has 1 fully saturated rings. The van der Waals surface area contributed by atoms with Crippen LogP contribution in [0, 0.1) is 11.3 Å². The summed E-state index contributed by atoms with van der Waals surface area (Å²) in [7, 11) is 1.82. The number of likely N-dealkylation sites (tertiary alicyclic amines) is 1. The van der Waals surface area contributed by atoms with Crippen LogP contribution >= 0.6 is 24.0 Å². The molecule has 1 heterocycles. The predicted molar refractivity (Wildman–Crippen MR) is 112 cm³/mol. The fraction of sp³-hybridized carbons (Fsp3) is 0.300. The molecule has 2 aromatic rings. The Kier molecular flexibility index (Phi) is 7.26. The molecule has 2 aromatic carbocycles. The van der Waals surface area contributed by atoms with E-state index >= 15 is 0 Å². The number of hydrogen-bond donors (Lipinski definition) is 1. The molecule has 1 saturated heterocycles. The second-order valence-corrected chi connectivity index (χ2v) is 6.06. The van der Waals surface area contributed by atoms with Crippen molar-refractivity contribution in [3.05, 3.63) is 71.3 Å². The van der Waals surface area contributed by atoms with Crippen LogP contribution in [0.1, 0.15) is 29.0 Å². The first-order valence-electron chi connectivity index (χ1n) is 8.29. The Balaban J connectivity index is 0.00000225. The third kappa shape index (κ3) is 4.95. The topological polar surface area (TPSA) is 51.4 Å². The molecule has 0 saturated carbocycles. The fourth-order valence-corrected chi connectivity index (χ4v) is 3.21. The quantitative estimate of drug-likeness (QED) is 0.444. The normalized spacial score (nSPS) is 16.9. The molecule has 0 aliphatic carbocycles. The number of guanidine groups is 1. The molecule has 25 heavy (non-hydrogen) atoms. The van der Waals surface area contributed by atoms with E-state index in [1.165, 1.54) is 5.56 Å². The van der Waals surface area contributed by atoms with Crippen LogP contribution in [0.2, 0.25) is 0 Å². The van der Waals surface area contributed by atoms with Gasteiger partial charge in [-0.15, -0.1) is 24.0 Å². The molecule has 4 nitrogen and oxygen atoms in total. The zero-order valence-electron chi connectivity index (χ0n) is 14.4. The van der Waals surface area contributed by atoms with Crippen LogP contribution in [-0.2, 0) is 6.54 Å². The van der Waals surface area contributed by atoms with Crippen LogP contribution in [0.15, 0.2) is 59.6 Å². The zero-order chi connectivity index (χ0) is 16.8. The minimum Gasteiger partial charge on any atom is -0.352 e. The van der Waals surface area contributed by atoms with Gasteiger partial charge in [0.15, 0.2) is 5.96 Å². The number of halogens is 1. The van der Waals surface area contributed by atoms with Gasteiger partial charge < -0.3 is 10.2 Å². The molecule has 3 rings (SSSR count). The highest BCUT2D eigenvalue weighted by Gasteiger charge is 2.25. The van der Waals surface area contributed by atoms with Gasteiger partial charge in [0.2, 0.25) is 0 Å². The molecule has 1 aliphatic heterocycles. The second-order valence-electron chi connectivity index (χ2n) is 6.06. The van der Waals surface area contributed by atoms with Crippen LogP contribution in [0.25, 0.3) is 0 Å². The van der Waals surface area contributed by atoms with Crippen LogP contribution in [0.3, 0.4) is 0 Å². The molecular formula is C20H23IN4. The van der Waals surface area contributed by atoms with Crippen LogP contribution < -0.4 is 5.32 Å². The van der Waals surface area contributed by atoms with Gasteiger partial charge in [0.1, 0.15) is 0 Å². The first-order chi connectivity index (χ1) is 11.8. The second kappa shape index (κ2) is 9.42. The molecule has 0 aromatic heterocycles. The van der Waals surface area contributed by atoms with Gasteiger partial charge in [0.25, 0.3) is 0 Å². The lowest BCUT2D eigenvalue weighted by Crippen LogP contribution is -2.39. The van der Waals surface area contributed by atoms with E-state index in [0.29, 0.717) is 18.0 Å². The van der Waals surface area contributed by atoms with Gasteiger partial charge in [-0.25, -0.2) is 0 Å². The molecule has 0 bridgehead atoms. The van der Waals surface area contributed by atoms with Crippen molar-refractivity contribution in [3.63, 3.8) is 0 Å². The number of hydrogen-bond acceptors (Lipinski definition) is 2. The lowest BCUT2D eigenvalue weighted by atomic mass is 9.99. The highest BCUT2D eigenvalue weighted by atomic mass is 127. The van der Waals surface area contributed by atoms with Gasteiger partial charge in [0.05, 0.1) is 11.6 Å². The van der Waals surface area contributed by atoms with E-state index in [1.54, 1.807) is 0 Å². The van der Waals surface area contributed by atoms with Gasteiger partial charge in [-0.1, -0.05) is 42.5 Å². The van der Waals surface area contributed by atoms with E-state index in [1.807, 2.05) is 31.3 Å². The van der Waals surface area contributed by atoms with Crippen molar-refractivity contribution >= 4 is 29.9 Å². The lowest BCUT2D eigenvalue weighted by molar-refractivity contribution is 0.486. The number of nitrogens with zero attached hydrogens (tertiary/aromatic N) is 3. The van der Waals surface area contributed by atoms with E-state index in [-0.39, 0.29) is 24.0 Å². The van der Waals surface area contributed by atoms with E-state index in [0.717, 1.165) is 31.0 Å². The summed E-state index contributed by atoms with van der Waals surface area (Å²) >= 11 is 0. The predicted octanol–water partition coefficient (Wildman–Crippen LogP) is 3.74. The van der Waals surface area contributed by atoms with Crippen molar-refractivity contribution in [2.24, 2.45) is 4.99 Å². The maximum absolute atomic E-state index is 8.99. The Morgan fingerprint density at radius 1 is 1.24 bits per heavy atom. The molecule has 1 aliphatic rings. The first-order valence-corrected chi connectivity index (χ1v) is 8.29. The standard InChI is InChI=1S/C20H22N4.HI/c1-22-20(23-14-17-7-5-6-16(12-17)13-21)24-11-10-19(15-24)18-8-3-2-4-9-18;/h2-9,12,19H,10-11,14-15H2,1H3,(H,22,23);1H. The first kappa shape index (κ1) is 19.3. The van der Waals surface area contributed by atoms with Gasteiger partial charge in [0, 0.05) is 32.6 Å². The average Bonchev–Trinajstić information content (AvgIpc) is 3.13. The monoisotopic (exact) mass is 446 g/mol. The SMILES string of the molecule is CN=C(NCc1cccc(C#N)c1)N1CCC(c2ccccc2)C1.I. The molecule has 1 N–H and O–H groups in total. The Morgan fingerprint density at radius 2 is 2.04 bits per heavy atom. The summed E-state index contributed by atoms with van der Waals surface area (Å²) in [5.74, 6) is 1.49. The maximum atomic E-state index is 8.99. The van der Waals surface area contributed by atoms with Crippen molar-refractivity contribution < 1.29 is 0 Å². The van der Waals surface area contributed by atoms with E-state index < -0.39 is 0 Å². The summed E-state index contributed by atoms with van der Waals surface area (Å²) < 4.78 is 0. The highest BCUT2D eigenvalue weighted by Crippen LogP contribution is 2.26. The highest BCUT2D eigenvalue weighted by molar-refractivity contribution is 14.0. The average molecular weight is 446 g/mol. The van der Waals surface area contributed by atoms with Gasteiger partial charge in [-0.2, -0.15) is 5.26 Å².